The Morgan fingerprint density at radius 1 is 1.38 bits per heavy atom. The molecule has 0 amide bonds. The van der Waals surface area contributed by atoms with Gasteiger partial charge in [-0.1, -0.05) is 0 Å². The minimum atomic E-state index is -3.14. The standard InChI is InChI=1S/C10H21N3O2S/c1-9-7-12-5-2-3-10(12)8-13(9)16(14,15)6-4-11/h9-10H,2-8,11H2,1H3. The third kappa shape index (κ3) is 2.25. The fraction of sp³-hybridized carbons (Fsp3) is 1.00. The highest BCUT2D eigenvalue weighted by molar-refractivity contribution is 7.89. The summed E-state index contributed by atoms with van der Waals surface area (Å²) in [5.41, 5.74) is 5.36. The van der Waals surface area contributed by atoms with Crippen molar-refractivity contribution in [1.29, 1.82) is 0 Å². The number of sulfonamides is 1. The quantitative estimate of drug-likeness (QED) is 0.726. The average molecular weight is 247 g/mol. The van der Waals surface area contributed by atoms with Crippen molar-refractivity contribution >= 4 is 10.0 Å². The van der Waals surface area contributed by atoms with Crippen LogP contribution in [0.25, 0.3) is 0 Å². The summed E-state index contributed by atoms with van der Waals surface area (Å²) >= 11 is 0. The van der Waals surface area contributed by atoms with Gasteiger partial charge in [-0.2, -0.15) is 4.31 Å². The third-order valence-electron chi connectivity index (χ3n) is 3.61. The number of nitrogens with zero attached hydrogens (tertiary/aromatic N) is 2. The lowest BCUT2D eigenvalue weighted by molar-refractivity contribution is 0.117. The predicted octanol–water partition coefficient (Wildman–Crippen LogP) is -0.557. The minimum absolute atomic E-state index is 0.0735. The molecule has 2 heterocycles. The molecule has 5 nitrogen and oxygen atoms in total. The largest absolute Gasteiger partial charge is 0.329 e. The van der Waals surface area contributed by atoms with Crippen LogP contribution < -0.4 is 5.73 Å². The van der Waals surface area contributed by atoms with Crippen LogP contribution in [0.2, 0.25) is 0 Å². The second kappa shape index (κ2) is 4.60. The SMILES string of the molecule is CC1CN2CCCC2CN1S(=O)(=O)CCN. The fourth-order valence-electron chi connectivity index (χ4n) is 2.81. The maximum atomic E-state index is 12.0. The topological polar surface area (TPSA) is 66.6 Å². The van der Waals surface area contributed by atoms with Crippen LogP contribution in [0.15, 0.2) is 0 Å². The maximum absolute atomic E-state index is 12.0. The number of rotatable bonds is 3. The summed E-state index contributed by atoms with van der Waals surface area (Å²) in [6.07, 6.45) is 2.32. The lowest BCUT2D eigenvalue weighted by atomic mass is 10.1. The second-order valence-electron chi connectivity index (χ2n) is 4.81. The van der Waals surface area contributed by atoms with Crippen LogP contribution in [0.4, 0.5) is 0 Å². The van der Waals surface area contributed by atoms with E-state index >= 15 is 0 Å². The number of fused-ring (bicyclic) bond motifs is 1. The first-order valence-corrected chi connectivity index (χ1v) is 7.59. The zero-order valence-corrected chi connectivity index (χ0v) is 10.6. The van der Waals surface area contributed by atoms with Crippen LogP contribution in [0.5, 0.6) is 0 Å². The summed E-state index contributed by atoms with van der Waals surface area (Å²) in [4.78, 5) is 2.42. The fourth-order valence-corrected chi connectivity index (χ4v) is 4.36. The Morgan fingerprint density at radius 3 is 2.81 bits per heavy atom. The van der Waals surface area contributed by atoms with Gasteiger partial charge < -0.3 is 5.73 Å². The Bertz CT molecular complexity index is 344. The number of hydrogen-bond donors (Lipinski definition) is 1. The van der Waals surface area contributed by atoms with Gasteiger partial charge in [-0.25, -0.2) is 8.42 Å². The molecule has 2 saturated heterocycles. The molecule has 2 aliphatic rings. The van der Waals surface area contributed by atoms with Gasteiger partial charge in [0, 0.05) is 31.7 Å². The van der Waals surface area contributed by atoms with E-state index in [1.807, 2.05) is 6.92 Å². The summed E-state index contributed by atoms with van der Waals surface area (Å²) in [6.45, 7) is 4.85. The van der Waals surface area contributed by atoms with Crippen LogP contribution in [0.1, 0.15) is 19.8 Å². The molecule has 0 aromatic rings. The molecule has 6 heteroatoms. The van der Waals surface area contributed by atoms with Gasteiger partial charge in [0.15, 0.2) is 0 Å². The van der Waals surface area contributed by atoms with Gasteiger partial charge >= 0.3 is 0 Å². The molecule has 0 aliphatic carbocycles. The molecule has 0 spiro atoms. The van der Waals surface area contributed by atoms with Crippen LogP contribution >= 0.6 is 0 Å². The zero-order valence-electron chi connectivity index (χ0n) is 9.80. The van der Waals surface area contributed by atoms with Crippen molar-refractivity contribution in [2.24, 2.45) is 5.73 Å². The Morgan fingerprint density at radius 2 is 2.12 bits per heavy atom. The molecule has 2 N–H and O–H groups in total. The second-order valence-corrected chi connectivity index (χ2v) is 6.86. The molecule has 2 atom stereocenters. The van der Waals surface area contributed by atoms with E-state index < -0.39 is 10.0 Å². The molecule has 0 saturated carbocycles. The smallest absolute Gasteiger partial charge is 0.215 e. The molecule has 0 bridgehead atoms. The first-order valence-electron chi connectivity index (χ1n) is 5.98. The lowest BCUT2D eigenvalue weighted by Crippen LogP contribution is -2.57. The highest BCUT2D eigenvalue weighted by Gasteiger charge is 2.39. The molecule has 0 aromatic carbocycles. The molecule has 0 radical (unpaired) electrons. The number of hydrogen-bond acceptors (Lipinski definition) is 4. The van der Waals surface area contributed by atoms with Gasteiger partial charge in [-0.15, -0.1) is 0 Å². The van der Waals surface area contributed by atoms with Crippen molar-refractivity contribution in [2.75, 3.05) is 31.9 Å². The minimum Gasteiger partial charge on any atom is -0.329 e. The van der Waals surface area contributed by atoms with Crippen molar-refractivity contribution in [3.63, 3.8) is 0 Å². The first-order chi connectivity index (χ1) is 7.54. The van der Waals surface area contributed by atoms with E-state index in [0.717, 1.165) is 19.5 Å². The van der Waals surface area contributed by atoms with Crippen LogP contribution in [0, 0.1) is 0 Å². The number of nitrogens with two attached hydrogens (primary N) is 1. The normalized spacial score (nSPS) is 32.9. The highest BCUT2D eigenvalue weighted by Crippen LogP contribution is 2.26. The van der Waals surface area contributed by atoms with Crippen LogP contribution in [-0.4, -0.2) is 61.6 Å². The Labute approximate surface area is 97.6 Å². The molecular weight excluding hydrogens is 226 g/mol. The molecule has 2 aliphatic heterocycles. The lowest BCUT2D eigenvalue weighted by Gasteiger charge is -2.41. The Kier molecular flexibility index (Phi) is 3.53. The average Bonchev–Trinajstić information content (AvgIpc) is 2.63. The van der Waals surface area contributed by atoms with Crippen molar-refractivity contribution in [3.8, 4) is 0 Å². The molecule has 2 unspecified atom stereocenters. The van der Waals surface area contributed by atoms with Gasteiger partial charge in [0.1, 0.15) is 0 Å². The maximum Gasteiger partial charge on any atom is 0.215 e. The monoisotopic (exact) mass is 247 g/mol. The summed E-state index contributed by atoms with van der Waals surface area (Å²) < 4.78 is 25.7. The van der Waals surface area contributed by atoms with E-state index in [1.165, 1.54) is 6.42 Å². The third-order valence-corrected chi connectivity index (χ3v) is 5.59. The van der Waals surface area contributed by atoms with Gasteiger partial charge in [-0.3, -0.25) is 4.90 Å². The Balaban J connectivity index is 2.10. The van der Waals surface area contributed by atoms with Crippen LogP contribution in [-0.2, 0) is 10.0 Å². The molecule has 94 valence electrons. The number of piperazine rings is 1. The van der Waals surface area contributed by atoms with E-state index in [0.29, 0.717) is 12.6 Å². The molecule has 2 rings (SSSR count). The van der Waals surface area contributed by atoms with Gasteiger partial charge in [-0.05, 0) is 26.3 Å². The van der Waals surface area contributed by atoms with Crippen LogP contribution in [0.3, 0.4) is 0 Å². The van der Waals surface area contributed by atoms with E-state index in [-0.39, 0.29) is 18.3 Å². The van der Waals surface area contributed by atoms with Gasteiger partial charge in [0.05, 0.1) is 5.75 Å². The molecule has 2 fully saturated rings. The predicted molar refractivity (Wildman–Crippen MR) is 63.6 cm³/mol. The van der Waals surface area contributed by atoms with Crippen molar-refractivity contribution in [1.82, 2.24) is 9.21 Å². The molecule has 0 aromatic heterocycles. The van der Waals surface area contributed by atoms with E-state index in [4.69, 9.17) is 5.73 Å². The summed E-state index contributed by atoms with van der Waals surface area (Å²) in [7, 11) is -3.14. The van der Waals surface area contributed by atoms with E-state index in [1.54, 1.807) is 4.31 Å². The summed E-state index contributed by atoms with van der Waals surface area (Å²) in [6, 6.07) is 0.523. The first kappa shape index (κ1) is 12.3. The van der Waals surface area contributed by atoms with Gasteiger partial charge in [0.2, 0.25) is 10.0 Å². The van der Waals surface area contributed by atoms with Crippen molar-refractivity contribution in [3.05, 3.63) is 0 Å². The summed E-state index contributed by atoms with van der Waals surface area (Å²) in [5.74, 6) is 0.0735. The van der Waals surface area contributed by atoms with Crippen molar-refractivity contribution in [2.45, 2.75) is 31.8 Å². The molecular formula is C10H21N3O2S. The zero-order chi connectivity index (χ0) is 11.8. The summed E-state index contributed by atoms with van der Waals surface area (Å²) in [5, 5.41) is 0. The van der Waals surface area contributed by atoms with Crippen molar-refractivity contribution < 1.29 is 8.42 Å². The van der Waals surface area contributed by atoms with E-state index in [9.17, 15) is 8.42 Å². The highest BCUT2D eigenvalue weighted by atomic mass is 32.2. The molecule has 16 heavy (non-hydrogen) atoms. The Hall–Kier alpha value is -0.170. The van der Waals surface area contributed by atoms with Gasteiger partial charge in [0.25, 0.3) is 0 Å². The van der Waals surface area contributed by atoms with E-state index in [2.05, 4.69) is 4.90 Å².